The fourth-order valence-electron chi connectivity index (χ4n) is 3.48. The average molecular weight is 474 g/mol. The number of carbonyl (C=O) groups is 5. The van der Waals surface area contributed by atoms with Gasteiger partial charge in [-0.25, -0.2) is 24.0 Å². The molecule has 0 atom stereocenters. The van der Waals surface area contributed by atoms with Gasteiger partial charge in [-0.15, -0.1) is 0 Å². The van der Waals surface area contributed by atoms with Gasteiger partial charge in [-0.05, 0) is 66.2 Å². The van der Waals surface area contributed by atoms with Gasteiger partial charge in [0.2, 0.25) is 0 Å². The molecule has 3 aromatic rings. The Morgan fingerprint density at radius 3 is 1.89 bits per heavy atom. The molecule has 5 rings (SSSR count). The Bertz CT molecular complexity index is 1400. The molecule has 35 heavy (non-hydrogen) atoms. The van der Waals surface area contributed by atoms with Crippen LogP contribution in [0.25, 0.3) is 0 Å². The second-order valence-corrected chi connectivity index (χ2v) is 7.46. The second-order valence-electron chi connectivity index (χ2n) is 7.46. The van der Waals surface area contributed by atoms with Gasteiger partial charge in [0.25, 0.3) is 0 Å². The highest BCUT2D eigenvalue weighted by atomic mass is 16.7. The molecule has 0 aliphatic carbocycles. The van der Waals surface area contributed by atoms with Crippen molar-refractivity contribution in [3.05, 3.63) is 94.0 Å². The maximum Gasteiger partial charge on any atom is 0.346 e. The van der Waals surface area contributed by atoms with Crippen molar-refractivity contribution < 1.29 is 47.7 Å². The number of esters is 5. The molecule has 0 spiro atoms. The zero-order valence-corrected chi connectivity index (χ0v) is 17.8. The van der Waals surface area contributed by atoms with E-state index in [0.717, 1.165) is 0 Å². The molecule has 0 bridgehead atoms. The Labute approximate surface area is 196 Å². The maximum absolute atomic E-state index is 12.5. The third-order valence-corrected chi connectivity index (χ3v) is 5.22. The van der Waals surface area contributed by atoms with Gasteiger partial charge in [-0.3, -0.25) is 0 Å². The summed E-state index contributed by atoms with van der Waals surface area (Å²) in [4.78, 5) is 60.0. The first kappa shape index (κ1) is 22.0. The van der Waals surface area contributed by atoms with Gasteiger partial charge < -0.3 is 23.7 Å². The molecule has 0 unspecified atom stereocenters. The summed E-state index contributed by atoms with van der Waals surface area (Å²) in [5.74, 6) is -3.18. The van der Waals surface area contributed by atoms with Crippen LogP contribution in [0.1, 0.15) is 57.4 Å². The predicted octanol–water partition coefficient (Wildman–Crippen LogP) is 3.08. The van der Waals surface area contributed by atoms with Crippen molar-refractivity contribution in [3.8, 4) is 11.5 Å². The summed E-state index contributed by atoms with van der Waals surface area (Å²) in [7, 11) is 0. The summed E-state index contributed by atoms with van der Waals surface area (Å²) < 4.78 is 25.2. The van der Waals surface area contributed by atoms with Crippen LogP contribution in [-0.2, 0) is 20.8 Å². The first-order chi connectivity index (χ1) is 16.9. The molecule has 0 fully saturated rings. The third kappa shape index (κ3) is 4.37. The smallest absolute Gasteiger partial charge is 0.346 e. The Balaban J connectivity index is 1.25. The summed E-state index contributed by atoms with van der Waals surface area (Å²) in [5, 5.41) is 0. The second kappa shape index (κ2) is 8.84. The zero-order valence-electron chi connectivity index (χ0n) is 17.8. The van der Waals surface area contributed by atoms with Crippen molar-refractivity contribution in [3.63, 3.8) is 0 Å². The van der Waals surface area contributed by atoms with E-state index in [0.29, 0.717) is 11.1 Å². The van der Waals surface area contributed by atoms with E-state index in [9.17, 15) is 24.0 Å². The molecule has 2 aliphatic heterocycles. The van der Waals surface area contributed by atoms with E-state index in [1.807, 2.05) is 0 Å². The van der Waals surface area contributed by atoms with Gasteiger partial charge >= 0.3 is 29.8 Å². The fourth-order valence-corrected chi connectivity index (χ4v) is 3.48. The quantitative estimate of drug-likeness (QED) is 0.316. The van der Waals surface area contributed by atoms with Crippen molar-refractivity contribution in [2.24, 2.45) is 0 Å². The molecular weight excluding hydrogens is 460 g/mol. The van der Waals surface area contributed by atoms with E-state index in [4.69, 9.17) is 18.9 Å². The Morgan fingerprint density at radius 1 is 0.657 bits per heavy atom. The highest BCUT2D eigenvalue weighted by Crippen LogP contribution is 2.24. The monoisotopic (exact) mass is 474 g/mol. The van der Waals surface area contributed by atoms with Crippen molar-refractivity contribution in [1.29, 1.82) is 0 Å². The first-order valence-corrected chi connectivity index (χ1v) is 10.2. The largest absolute Gasteiger partial charge is 0.435 e. The van der Waals surface area contributed by atoms with Gasteiger partial charge in [0.15, 0.2) is 6.79 Å². The number of hydrogen-bond acceptors (Lipinski definition) is 10. The van der Waals surface area contributed by atoms with Crippen LogP contribution < -0.4 is 9.47 Å². The molecule has 2 heterocycles. The Hall–Kier alpha value is -4.83. The summed E-state index contributed by atoms with van der Waals surface area (Å²) >= 11 is 0. The van der Waals surface area contributed by atoms with Crippen molar-refractivity contribution >= 4 is 29.8 Å². The van der Waals surface area contributed by atoms with Crippen LogP contribution in [0.4, 0.5) is 0 Å². The molecular formula is C25H14O10. The molecule has 0 saturated heterocycles. The highest BCUT2D eigenvalue weighted by Gasteiger charge is 2.30. The van der Waals surface area contributed by atoms with Gasteiger partial charge in [0, 0.05) is 0 Å². The van der Waals surface area contributed by atoms with Crippen LogP contribution in [0.3, 0.4) is 0 Å². The number of benzene rings is 3. The van der Waals surface area contributed by atoms with E-state index < -0.39 is 29.8 Å². The van der Waals surface area contributed by atoms with E-state index in [2.05, 4.69) is 4.74 Å². The number of ether oxygens (including phenoxy) is 5. The molecule has 3 aromatic carbocycles. The van der Waals surface area contributed by atoms with Crippen LogP contribution in [0.2, 0.25) is 0 Å². The SMILES string of the molecule is O=C(Oc1ccc(OC(=O)c2ccc3c(c2)C(=O)OC3=O)cc1)c1ccc2c(c1)COCOC2=O. The minimum Gasteiger partial charge on any atom is -0.435 e. The van der Waals surface area contributed by atoms with E-state index in [1.54, 1.807) is 0 Å². The number of carbonyl (C=O) groups excluding carboxylic acids is 5. The third-order valence-electron chi connectivity index (χ3n) is 5.22. The molecule has 0 radical (unpaired) electrons. The lowest BCUT2D eigenvalue weighted by Crippen LogP contribution is -2.11. The van der Waals surface area contributed by atoms with Crippen molar-refractivity contribution in [2.75, 3.05) is 6.79 Å². The van der Waals surface area contributed by atoms with Gasteiger partial charge in [0.05, 0.1) is 34.4 Å². The van der Waals surface area contributed by atoms with Crippen molar-refractivity contribution in [2.45, 2.75) is 6.61 Å². The highest BCUT2D eigenvalue weighted by molar-refractivity contribution is 6.15. The number of fused-ring (bicyclic) bond motifs is 2. The molecule has 0 N–H and O–H groups in total. The summed E-state index contributed by atoms with van der Waals surface area (Å²) in [6, 6.07) is 14.0. The standard InChI is InChI=1S/C25H14O10/c26-21(13-1-7-18-15(9-13)11-31-12-32-23(18)28)33-16-3-5-17(6-4-16)34-22(27)14-2-8-19-20(10-14)25(30)35-24(19)29/h1-10H,11-12H2. The number of rotatable bonds is 4. The average Bonchev–Trinajstić information content (AvgIpc) is 3.02. The first-order valence-electron chi connectivity index (χ1n) is 10.2. The van der Waals surface area contributed by atoms with E-state index in [1.165, 1.54) is 60.7 Å². The lowest BCUT2D eigenvalue weighted by Gasteiger charge is -2.09. The summed E-state index contributed by atoms with van der Waals surface area (Å²) in [6.07, 6.45) is 0. The summed E-state index contributed by atoms with van der Waals surface area (Å²) in [6.45, 7) is -0.0487. The van der Waals surface area contributed by atoms with E-state index in [-0.39, 0.29) is 47.2 Å². The van der Waals surface area contributed by atoms with Crippen molar-refractivity contribution in [1.82, 2.24) is 0 Å². The molecule has 0 saturated carbocycles. The fraction of sp³-hybridized carbons (Fsp3) is 0.0800. The molecule has 2 aliphatic rings. The van der Waals surface area contributed by atoms with Gasteiger partial charge in [-0.1, -0.05) is 0 Å². The van der Waals surface area contributed by atoms with Gasteiger partial charge in [-0.2, -0.15) is 0 Å². The maximum atomic E-state index is 12.5. The Morgan fingerprint density at radius 2 is 1.23 bits per heavy atom. The number of cyclic esters (lactones) is 3. The molecule has 10 heteroatoms. The molecule has 0 amide bonds. The molecule has 174 valence electrons. The van der Waals surface area contributed by atoms with Crippen LogP contribution >= 0.6 is 0 Å². The Kier molecular flexibility index (Phi) is 5.55. The van der Waals surface area contributed by atoms with Gasteiger partial charge in [0.1, 0.15) is 11.5 Å². The van der Waals surface area contributed by atoms with Crippen LogP contribution in [0.15, 0.2) is 60.7 Å². The minimum absolute atomic E-state index is 0.00651. The predicted molar refractivity (Wildman–Crippen MR) is 114 cm³/mol. The summed E-state index contributed by atoms with van der Waals surface area (Å²) in [5.41, 5.74) is 1.17. The van der Waals surface area contributed by atoms with Crippen LogP contribution in [-0.4, -0.2) is 36.6 Å². The van der Waals surface area contributed by atoms with Crippen LogP contribution in [0.5, 0.6) is 11.5 Å². The topological polar surface area (TPSA) is 132 Å². The number of hydrogen-bond donors (Lipinski definition) is 0. The van der Waals surface area contributed by atoms with Crippen LogP contribution in [0, 0.1) is 0 Å². The zero-order chi connectivity index (χ0) is 24.5. The van der Waals surface area contributed by atoms with E-state index >= 15 is 0 Å². The molecule has 0 aromatic heterocycles. The molecule has 10 nitrogen and oxygen atoms in total. The minimum atomic E-state index is -0.826. The lowest BCUT2D eigenvalue weighted by molar-refractivity contribution is -0.0314. The lowest BCUT2D eigenvalue weighted by atomic mass is 10.0. The normalized spacial score (nSPS) is 14.2.